The highest BCUT2D eigenvalue weighted by atomic mass is 32.2. The fourth-order valence-corrected chi connectivity index (χ4v) is 9.96. The van der Waals surface area contributed by atoms with Crippen LogP contribution in [0.2, 0.25) is 0 Å². The molecule has 0 saturated carbocycles. The van der Waals surface area contributed by atoms with Gasteiger partial charge in [-0.3, -0.25) is 53.3 Å². The Balaban J connectivity index is 0.934. The zero-order chi connectivity index (χ0) is 62.9. The van der Waals surface area contributed by atoms with Gasteiger partial charge in [0.1, 0.15) is 36.4 Å². The van der Waals surface area contributed by atoms with Crippen LogP contribution in [0, 0.1) is 17.5 Å². The predicted octanol–water partition coefficient (Wildman–Crippen LogP) is 3.69. The Bertz CT molecular complexity index is 3470. The van der Waals surface area contributed by atoms with Gasteiger partial charge in [0.15, 0.2) is 10.7 Å². The number of carbonyl (C=O) groups is 9. The summed E-state index contributed by atoms with van der Waals surface area (Å²) in [5.41, 5.74) is 4.85. The van der Waals surface area contributed by atoms with Crippen molar-refractivity contribution in [2.75, 3.05) is 54.9 Å². The third-order valence-electron chi connectivity index (χ3n) is 12.1. The molecule has 3 aromatic carbocycles. The molecule has 3 heterocycles. The second kappa shape index (κ2) is 30.0. The van der Waals surface area contributed by atoms with E-state index in [4.69, 9.17) is 19.9 Å². The predicted molar refractivity (Wildman–Crippen MR) is 304 cm³/mol. The lowest BCUT2D eigenvalue weighted by Gasteiger charge is -2.22. The van der Waals surface area contributed by atoms with Gasteiger partial charge in [-0.1, -0.05) is 45.0 Å². The quantitative estimate of drug-likeness (QED) is 0.0250. The molecule has 6 rings (SSSR count). The van der Waals surface area contributed by atoms with Crippen molar-refractivity contribution in [2.24, 2.45) is 5.73 Å². The standard InChI is InChI=1S/C55H61F3N12O14S2/c1-30(62-42(73)20-24-82-26-27-83-25-22-60-41(72)19-23-70-43(74)16-17-44(70)75)49(76)63-31(2)50(77)65-39(28-40(59)71)51(78)64-33-14-12-32(13-15-33)29-84-54(79)68-53-61-21-18-38(66-53)47-46(67-52(85-47)55(3,4)5)34-8-6-11-37(45(34)58)69-86(80,81)48-35(56)9-7-10-36(48)57/h6-18,21,30-31,39,69H,19-20,22-29H2,1-5H3,(H2,59,71)(H,60,72)(H,62,73)(H,63,76)(H,64,78)(H,65,77)(H,61,66,68,79)/t30-,31-,39-/m1/s1. The van der Waals surface area contributed by atoms with Crippen LogP contribution in [0.4, 0.5) is 35.3 Å². The smallest absolute Gasteiger partial charge is 0.414 e. The first-order valence-electron chi connectivity index (χ1n) is 26.3. The number of rotatable bonds is 29. The van der Waals surface area contributed by atoms with Gasteiger partial charge in [0.05, 0.1) is 59.8 Å². The zero-order valence-electron chi connectivity index (χ0n) is 46.9. The van der Waals surface area contributed by atoms with E-state index in [0.29, 0.717) is 15.4 Å². The van der Waals surface area contributed by atoms with Crippen molar-refractivity contribution >= 4 is 92.0 Å². The fourth-order valence-electron chi connectivity index (χ4n) is 7.65. The number of anilines is 3. The molecule has 1 aliphatic rings. The molecule has 5 aromatic rings. The first-order valence-corrected chi connectivity index (χ1v) is 28.6. The molecule has 2 aromatic heterocycles. The maximum absolute atomic E-state index is 16.3. The largest absolute Gasteiger partial charge is 0.444 e. The van der Waals surface area contributed by atoms with Crippen molar-refractivity contribution in [2.45, 2.75) is 88.9 Å². The molecule has 3 atom stereocenters. The number of nitrogens with zero attached hydrogens (tertiary/aromatic N) is 4. The van der Waals surface area contributed by atoms with Crippen LogP contribution in [-0.2, 0) is 74.6 Å². The summed E-state index contributed by atoms with van der Waals surface area (Å²) < 4.78 is 89.5. The van der Waals surface area contributed by atoms with Crippen LogP contribution in [-0.4, -0.2) is 139 Å². The number of carbonyl (C=O) groups excluding carboxylic acids is 9. The third kappa shape index (κ3) is 18.9. The van der Waals surface area contributed by atoms with Crippen LogP contribution in [0.3, 0.4) is 0 Å². The van der Waals surface area contributed by atoms with E-state index < -0.39 is 115 Å². The van der Waals surface area contributed by atoms with Crippen LogP contribution in [0.1, 0.15) is 64.5 Å². The Morgan fingerprint density at radius 2 is 1.38 bits per heavy atom. The average Bonchev–Trinajstić information content (AvgIpc) is 1.74. The van der Waals surface area contributed by atoms with E-state index >= 15 is 4.39 Å². The Kier molecular flexibility index (Phi) is 23.0. The van der Waals surface area contributed by atoms with Crippen LogP contribution in [0.15, 0.2) is 90.0 Å². The van der Waals surface area contributed by atoms with E-state index in [1.807, 2.05) is 25.5 Å². The summed E-state index contributed by atoms with van der Waals surface area (Å²) in [6.45, 7) is 8.52. The number of amides is 9. The van der Waals surface area contributed by atoms with E-state index in [1.165, 1.54) is 62.5 Å². The lowest BCUT2D eigenvalue weighted by molar-refractivity contribution is -0.137. The first-order chi connectivity index (χ1) is 40.7. The number of thiazole rings is 1. The van der Waals surface area contributed by atoms with E-state index in [0.717, 1.165) is 52.7 Å². The molecule has 86 heavy (non-hydrogen) atoms. The number of benzene rings is 3. The molecular weight excluding hydrogens is 1170 g/mol. The summed E-state index contributed by atoms with van der Waals surface area (Å²) in [5, 5.41) is 15.4. The highest BCUT2D eigenvalue weighted by Crippen LogP contribution is 2.42. The van der Waals surface area contributed by atoms with Crippen molar-refractivity contribution in [1.82, 2.24) is 41.1 Å². The summed E-state index contributed by atoms with van der Waals surface area (Å²) in [5.74, 6) is -9.34. The van der Waals surface area contributed by atoms with Gasteiger partial charge in [-0.05, 0) is 61.9 Å². The number of imide groups is 1. The maximum Gasteiger partial charge on any atom is 0.414 e. The average molecular weight is 1240 g/mol. The Morgan fingerprint density at radius 1 is 0.744 bits per heavy atom. The van der Waals surface area contributed by atoms with Crippen molar-refractivity contribution in [3.63, 3.8) is 0 Å². The highest BCUT2D eigenvalue weighted by Gasteiger charge is 2.31. The molecule has 0 aliphatic carbocycles. The number of aromatic nitrogens is 3. The van der Waals surface area contributed by atoms with E-state index in [-0.39, 0.29) is 93.5 Å². The normalized spacial score (nSPS) is 13.3. The van der Waals surface area contributed by atoms with Crippen molar-refractivity contribution in [3.8, 4) is 21.8 Å². The molecule has 0 spiro atoms. The van der Waals surface area contributed by atoms with Gasteiger partial charge in [-0.25, -0.2) is 41.3 Å². The number of hydrogen-bond donors (Lipinski definition) is 8. The number of hydrogen-bond acceptors (Lipinski definition) is 18. The topological polar surface area (TPSA) is 368 Å². The van der Waals surface area contributed by atoms with Crippen molar-refractivity contribution in [3.05, 3.63) is 113 Å². The number of sulfonamides is 1. The molecule has 1 aliphatic heterocycles. The van der Waals surface area contributed by atoms with Crippen molar-refractivity contribution in [1.29, 1.82) is 0 Å². The monoisotopic (exact) mass is 1230 g/mol. The second-order valence-corrected chi connectivity index (χ2v) is 22.5. The molecule has 0 bridgehead atoms. The molecule has 0 saturated heterocycles. The van der Waals surface area contributed by atoms with Crippen LogP contribution in [0.25, 0.3) is 21.8 Å². The maximum atomic E-state index is 16.3. The van der Waals surface area contributed by atoms with Gasteiger partial charge in [-0.15, -0.1) is 11.3 Å². The first kappa shape index (κ1) is 65.9. The number of primary amides is 1. The molecule has 9 amide bonds. The molecule has 0 unspecified atom stereocenters. The van der Waals surface area contributed by atoms with E-state index in [9.17, 15) is 60.3 Å². The molecule has 0 fully saturated rings. The van der Waals surface area contributed by atoms with Gasteiger partial charge in [0.2, 0.25) is 41.4 Å². The molecule has 0 radical (unpaired) electrons. The Labute approximate surface area is 494 Å². The Morgan fingerprint density at radius 3 is 2.05 bits per heavy atom. The lowest BCUT2D eigenvalue weighted by Crippen LogP contribution is -2.55. The minimum absolute atomic E-state index is 0.0169. The van der Waals surface area contributed by atoms with E-state index in [1.54, 1.807) is 0 Å². The summed E-state index contributed by atoms with van der Waals surface area (Å²) in [6.07, 6.45) is 1.79. The molecule has 31 heteroatoms. The van der Waals surface area contributed by atoms with Gasteiger partial charge in [-0.2, -0.15) is 0 Å². The summed E-state index contributed by atoms with van der Waals surface area (Å²) >= 11 is 1.14. The van der Waals surface area contributed by atoms with Gasteiger partial charge in [0.25, 0.3) is 21.8 Å². The summed E-state index contributed by atoms with van der Waals surface area (Å²) in [7, 11) is -4.95. The second-order valence-electron chi connectivity index (χ2n) is 19.9. The number of nitrogens with one attached hydrogen (secondary N) is 7. The van der Waals surface area contributed by atoms with Gasteiger partial charge in [0, 0.05) is 60.9 Å². The number of halogens is 3. The van der Waals surface area contributed by atoms with Gasteiger partial charge < -0.3 is 46.5 Å². The summed E-state index contributed by atoms with van der Waals surface area (Å²) in [4.78, 5) is 125. The fraction of sp³-hybridized carbons (Fsp3) is 0.345. The van der Waals surface area contributed by atoms with Crippen LogP contribution < -0.4 is 42.4 Å². The number of nitrogens with two attached hydrogens (primary N) is 1. The SMILES string of the molecule is C[C@@H](NC(=O)CCOCCOCCNC(=O)CCN1C(=O)C=CC1=O)C(=O)N[C@H](C)C(=O)N[C@H](CC(N)=O)C(=O)Nc1ccc(COC(=O)Nc2nccc(-c3sc(C(C)(C)C)nc3-c3cccc(NS(=O)(=O)c4c(F)cccc4F)c3F)n2)cc1. The minimum Gasteiger partial charge on any atom is -0.444 e. The minimum atomic E-state index is -4.95. The van der Waals surface area contributed by atoms with Gasteiger partial charge >= 0.3 is 6.09 Å². The molecular formula is C55H61F3N12O14S2. The third-order valence-corrected chi connectivity index (χ3v) is 15.0. The van der Waals surface area contributed by atoms with Crippen LogP contribution in [0.5, 0.6) is 0 Å². The molecule has 9 N–H and O–H groups in total. The van der Waals surface area contributed by atoms with E-state index in [2.05, 4.69) is 46.9 Å². The Hall–Kier alpha value is -9.20. The zero-order valence-corrected chi connectivity index (χ0v) is 48.6. The number of ether oxygens (including phenoxy) is 3. The molecule has 26 nitrogen and oxygen atoms in total. The lowest BCUT2D eigenvalue weighted by atomic mass is 9.98. The highest BCUT2D eigenvalue weighted by molar-refractivity contribution is 7.92. The molecule has 458 valence electrons. The van der Waals surface area contributed by atoms with Crippen LogP contribution >= 0.6 is 11.3 Å². The van der Waals surface area contributed by atoms with Crippen molar-refractivity contribution < 1.29 is 79.0 Å². The summed E-state index contributed by atoms with van der Waals surface area (Å²) in [6, 6.07) is 9.72.